The van der Waals surface area contributed by atoms with Crippen LogP contribution in [0.3, 0.4) is 0 Å². The molecule has 0 aliphatic rings. The molecule has 0 heterocycles. The largest absolute Gasteiger partial charge is 0.481 e. The lowest BCUT2D eigenvalue weighted by Gasteiger charge is -2.27. The summed E-state index contributed by atoms with van der Waals surface area (Å²) in [6, 6.07) is 4.18. The third-order valence-corrected chi connectivity index (χ3v) is 3.35. The van der Waals surface area contributed by atoms with Crippen LogP contribution in [0.4, 0.5) is 8.78 Å². The normalized spacial score (nSPS) is 12.7. The van der Waals surface area contributed by atoms with E-state index in [9.17, 15) is 13.6 Å². The van der Waals surface area contributed by atoms with Gasteiger partial charge in [0.25, 0.3) is 0 Å². The number of hydrogen-bond acceptors (Lipinski definition) is 3. The Balaban J connectivity index is 2.92. The van der Waals surface area contributed by atoms with Crippen molar-refractivity contribution in [2.45, 2.75) is 39.5 Å². The molecule has 1 N–H and O–H groups in total. The van der Waals surface area contributed by atoms with Gasteiger partial charge in [0.2, 0.25) is 0 Å². The van der Waals surface area contributed by atoms with Gasteiger partial charge >= 0.3 is 12.6 Å². The van der Waals surface area contributed by atoms with E-state index in [1.807, 2.05) is 11.8 Å². The van der Waals surface area contributed by atoms with E-state index in [0.29, 0.717) is 17.1 Å². The highest BCUT2D eigenvalue weighted by atomic mass is 35.5. The maximum absolute atomic E-state index is 12.4. The zero-order valence-corrected chi connectivity index (χ0v) is 12.6. The molecule has 0 spiro atoms. The Labute approximate surface area is 127 Å². The van der Waals surface area contributed by atoms with Crippen LogP contribution in [-0.4, -0.2) is 35.2 Å². The molecule has 1 unspecified atom stereocenters. The summed E-state index contributed by atoms with van der Waals surface area (Å²) < 4.78 is 29.3. The van der Waals surface area contributed by atoms with E-state index < -0.39 is 12.6 Å². The Hall–Kier alpha value is -1.40. The first-order valence-corrected chi connectivity index (χ1v) is 6.90. The lowest BCUT2D eigenvalue weighted by Crippen LogP contribution is -2.34. The van der Waals surface area contributed by atoms with Crippen LogP contribution < -0.4 is 4.74 Å². The molecule has 1 atom stereocenters. The fraction of sp³-hybridized carbons (Fsp3) is 0.500. The van der Waals surface area contributed by atoms with Crippen molar-refractivity contribution in [1.82, 2.24) is 4.90 Å². The van der Waals surface area contributed by atoms with Gasteiger partial charge in [0.05, 0.1) is 6.42 Å². The van der Waals surface area contributed by atoms with Crippen molar-refractivity contribution in [1.29, 1.82) is 0 Å². The maximum atomic E-state index is 12.4. The van der Waals surface area contributed by atoms with Crippen molar-refractivity contribution >= 4 is 17.6 Å². The number of benzene rings is 1. The predicted octanol–water partition coefficient (Wildman–Crippen LogP) is 3.63. The molecule has 0 radical (unpaired) electrons. The van der Waals surface area contributed by atoms with Crippen molar-refractivity contribution in [3.8, 4) is 5.75 Å². The van der Waals surface area contributed by atoms with Crippen LogP contribution in [-0.2, 0) is 11.3 Å². The van der Waals surface area contributed by atoms with Crippen LogP contribution in [0.1, 0.15) is 25.8 Å². The average molecular weight is 322 g/mol. The highest BCUT2D eigenvalue weighted by Gasteiger charge is 2.18. The number of rotatable bonds is 8. The summed E-state index contributed by atoms with van der Waals surface area (Å²) in [5, 5.41) is 9.25. The Morgan fingerprint density at radius 1 is 1.48 bits per heavy atom. The number of nitrogens with zero attached hydrogens (tertiary/aromatic N) is 1. The molecule has 1 rings (SSSR count). The minimum Gasteiger partial charge on any atom is -0.481 e. The van der Waals surface area contributed by atoms with Crippen molar-refractivity contribution < 1.29 is 23.4 Å². The van der Waals surface area contributed by atoms with Gasteiger partial charge in [-0.25, -0.2) is 0 Å². The smallest absolute Gasteiger partial charge is 0.387 e. The quantitative estimate of drug-likeness (QED) is 0.794. The minimum atomic E-state index is -2.92. The summed E-state index contributed by atoms with van der Waals surface area (Å²) in [7, 11) is 0. The topological polar surface area (TPSA) is 49.8 Å². The fourth-order valence-corrected chi connectivity index (χ4v) is 2.26. The number of hydrogen-bond donors (Lipinski definition) is 1. The van der Waals surface area contributed by atoms with E-state index in [-0.39, 0.29) is 24.8 Å². The number of carboxylic acids is 1. The molecule has 0 saturated carbocycles. The number of ether oxygens (including phenoxy) is 1. The van der Waals surface area contributed by atoms with E-state index in [4.69, 9.17) is 16.7 Å². The first-order chi connectivity index (χ1) is 9.83. The molecule has 0 bridgehead atoms. The van der Waals surface area contributed by atoms with Gasteiger partial charge in [0, 0.05) is 23.2 Å². The van der Waals surface area contributed by atoms with Crippen LogP contribution in [0.15, 0.2) is 18.2 Å². The molecule has 1 aromatic carbocycles. The molecule has 1 aromatic rings. The monoisotopic (exact) mass is 321 g/mol. The van der Waals surface area contributed by atoms with Gasteiger partial charge < -0.3 is 9.84 Å². The molecule has 0 aromatic heterocycles. The third kappa shape index (κ3) is 5.85. The highest BCUT2D eigenvalue weighted by molar-refractivity contribution is 6.30. The Morgan fingerprint density at radius 3 is 2.67 bits per heavy atom. The number of carboxylic acid groups (broad SMARTS) is 1. The minimum absolute atomic E-state index is 0.0283. The van der Waals surface area contributed by atoms with Crippen molar-refractivity contribution in [2.75, 3.05) is 6.54 Å². The number of carbonyl (C=O) groups is 1. The van der Waals surface area contributed by atoms with Gasteiger partial charge in [-0.3, -0.25) is 9.69 Å². The van der Waals surface area contributed by atoms with Crippen LogP contribution in [0.2, 0.25) is 5.02 Å². The lowest BCUT2D eigenvalue weighted by molar-refractivity contribution is -0.138. The molecule has 118 valence electrons. The molecule has 0 aliphatic carbocycles. The Kier molecular flexibility index (Phi) is 6.84. The van der Waals surface area contributed by atoms with Gasteiger partial charge in [0.1, 0.15) is 5.75 Å². The van der Waals surface area contributed by atoms with E-state index in [1.165, 1.54) is 12.1 Å². The summed E-state index contributed by atoms with van der Waals surface area (Å²) >= 11 is 5.89. The van der Waals surface area contributed by atoms with Gasteiger partial charge in [-0.15, -0.1) is 0 Å². The molecule has 0 fully saturated rings. The molecule has 0 amide bonds. The summed E-state index contributed by atoms with van der Waals surface area (Å²) in [4.78, 5) is 12.6. The molecule has 7 heteroatoms. The number of aliphatic carboxylic acids is 1. The lowest BCUT2D eigenvalue weighted by atomic mass is 10.1. The number of alkyl halides is 2. The summed E-state index contributed by atoms with van der Waals surface area (Å²) in [6.45, 7) is 1.59. The molecular weight excluding hydrogens is 304 g/mol. The van der Waals surface area contributed by atoms with Crippen molar-refractivity contribution in [3.05, 3.63) is 28.8 Å². The van der Waals surface area contributed by atoms with Crippen LogP contribution in [0.25, 0.3) is 0 Å². The molecule has 4 nitrogen and oxygen atoms in total. The summed E-state index contributed by atoms with van der Waals surface area (Å²) in [5.74, 6) is -0.855. The Bertz CT molecular complexity index is 485. The molecule has 21 heavy (non-hydrogen) atoms. The fourth-order valence-electron chi connectivity index (χ4n) is 2.06. The van der Waals surface area contributed by atoms with Gasteiger partial charge in [-0.05, 0) is 31.7 Å². The maximum Gasteiger partial charge on any atom is 0.387 e. The van der Waals surface area contributed by atoms with Gasteiger partial charge in [0.15, 0.2) is 0 Å². The molecule has 0 saturated heterocycles. The van der Waals surface area contributed by atoms with E-state index in [1.54, 1.807) is 13.0 Å². The van der Waals surface area contributed by atoms with Crippen LogP contribution >= 0.6 is 11.6 Å². The van der Waals surface area contributed by atoms with E-state index >= 15 is 0 Å². The van der Waals surface area contributed by atoms with E-state index in [0.717, 1.165) is 0 Å². The summed E-state index contributed by atoms with van der Waals surface area (Å²) in [5.41, 5.74) is 0.502. The zero-order valence-electron chi connectivity index (χ0n) is 11.9. The van der Waals surface area contributed by atoms with Crippen LogP contribution in [0.5, 0.6) is 5.75 Å². The van der Waals surface area contributed by atoms with Crippen LogP contribution in [0, 0.1) is 0 Å². The standard InChI is InChI=1S/C14H18ClF2NO3/c1-3-18(9(2)6-13(19)20)8-10-7-11(15)4-5-12(10)21-14(16)17/h4-5,7,9,14H,3,6,8H2,1-2H3,(H,19,20). The van der Waals surface area contributed by atoms with E-state index in [2.05, 4.69) is 4.74 Å². The first kappa shape index (κ1) is 17.7. The molecule has 0 aliphatic heterocycles. The van der Waals surface area contributed by atoms with Gasteiger partial charge in [-0.2, -0.15) is 8.78 Å². The second kappa shape index (κ2) is 8.14. The van der Waals surface area contributed by atoms with Gasteiger partial charge in [-0.1, -0.05) is 18.5 Å². The summed E-state index contributed by atoms with van der Waals surface area (Å²) in [6.07, 6.45) is -0.0283. The predicted molar refractivity (Wildman–Crippen MR) is 75.9 cm³/mol. The highest BCUT2D eigenvalue weighted by Crippen LogP contribution is 2.26. The Morgan fingerprint density at radius 2 is 2.14 bits per heavy atom. The average Bonchev–Trinajstić information content (AvgIpc) is 2.37. The SMILES string of the molecule is CCN(Cc1cc(Cl)ccc1OC(F)F)C(C)CC(=O)O. The third-order valence-electron chi connectivity index (χ3n) is 3.11. The van der Waals surface area contributed by atoms with Crippen molar-refractivity contribution in [2.24, 2.45) is 0 Å². The number of halogens is 3. The zero-order chi connectivity index (χ0) is 16.0. The second-order valence-corrected chi connectivity index (χ2v) is 5.08. The first-order valence-electron chi connectivity index (χ1n) is 6.52. The molecular formula is C14H18ClF2NO3. The second-order valence-electron chi connectivity index (χ2n) is 4.64. The van der Waals surface area contributed by atoms with Crippen molar-refractivity contribution in [3.63, 3.8) is 0 Å².